The van der Waals surface area contributed by atoms with E-state index in [0.717, 1.165) is 6.04 Å². The summed E-state index contributed by atoms with van der Waals surface area (Å²) >= 11 is 0. The van der Waals surface area contributed by atoms with Crippen molar-refractivity contribution in [1.29, 1.82) is 5.26 Å². The van der Waals surface area contributed by atoms with Gasteiger partial charge in [-0.3, -0.25) is 0 Å². The summed E-state index contributed by atoms with van der Waals surface area (Å²) in [6, 6.07) is 2.84. The van der Waals surface area contributed by atoms with E-state index in [4.69, 9.17) is 9.47 Å². The van der Waals surface area contributed by atoms with Crippen LogP contribution in [0.3, 0.4) is 0 Å². The quantitative estimate of drug-likeness (QED) is 0.393. The fourth-order valence-corrected chi connectivity index (χ4v) is 3.02. The molecule has 0 fully saturated rings. The van der Waals surface area contributed by atoms with E-state index in [-0.39, 0.29) is 0 Å². The van der Waals surface area contributed by atoms with Gasteiger partial charge in [0.1, 0.15) is 11.2 Å². The average Bonchev–Trinajstić information content (AvgIpc) is 2.34. The number of hydrogen-bond donors (Lipinski definition) is 0. The lowest BCUT2D eigenvalue weighted by molar-refractivity contribution is -0.161. The standard InChI is InChI=1S/C19H33NO4Si/c1-17(2,3)23-15(21)10-11-19(14-20,12-13-25(7,8)9)16(22)24-18(4,5)6/h10-11H,12-13H2,1-9H3/b11-10+. The van der Waals surface area contributed by atoms with Crippen LogP contribution in [0, 0.1) is 16.7 Å². The molecule has 0 aromatic rings. The van der Waals surface area contributed by atoms with E-state index in [0.29, 0.717) is 6.42 Å². The zero-order valence-electron chi connectivity index (χ0n) is 17.1. The molecule has 1 unspecified atom stereocenters. The summed E-state index contributed by atoms with van der Waals surface area (Å²) in [5.74, 6) is -1.20. The summed E-state index contributed by atoms with van der Waals surface area (Å²) in [7, 11) is -1.49. The first-order valence-electron chi connectivity index (χ1n) is 8.57. The smallest absolute Gasteiger partial charge is 0.331 e. The van der Waals surface area contributed by atoms with Crippen LogP contribution in [0.4, 0.5) is 0 Å². The molecule has 0 amide bonds. The predicted octanol–water partition coefficient (Wildman–Crippen LogP) is 4.46. The fourth-order valence-electron chi connectivity index (χ4n) is 1.88. The minimum absolute atomic E-state index is 0.327. The number of carbonyl (C=O) groups excluding carboxylic acids is 2. The van der Waals surface area contributed by atoms with E-state index < -0.39 is 36.6 Å². The Morgan fingerprint density at radius 3 is 1.84 bits per heavy atom. The van der Waals surface area contributed by atoms with Crippen molar-refractivity contribution in [1.82, 2.24) is 0 Å². The molecular formula is C19H33NO4Si. The molecular weight excluding hydrogens is 334 g/mol. The molecule has 0 aliphatic heterocycles. The Morgan fingerprint density at radius 2 is 1.48 bits per heavy atom. The minimum atomic E-state index is -1.49. The summed E-state index contributed by atoms with van der Waals surface area (Å²) in [4.78, 5) is 24.7. The van der Waals surface area contributed by atoms with Gasteiger partial charge >= 0.3 is 11.9 Å². The maximum atomic E-state index is 12.7. The number of ether oxygens (including phenoxy) is 2. The van der Waals surface area contributed by atoms with Gasteiger partial charge < -0.3 is 9.47 Å². The van der Waals surface area contributed by atoms with Gasteiger partial charge in [0.25, 0.3) is 0 Å². The Labute approximate surface area is 153 Å². The second-order valence-corrected chi connectivity index (χ2v) is 15.1. The molecule has 0 rings (SSSR count). The zero-order chi connectivity index (χ0) is 20.1. The van der Waals surface area contributed by atoms with Crippen LogP contribution in [0.25, 0.3) is 0 Å². The van der Waals surface area contributed by atoms with Gasteiger partial charge in [0.05, 0.1) is 6.07 Å². The van der Waals surface area contributed by atoms with Crippen molar-refractivity contribution >= 4 is 20.0 Å². The number of nitrogens with zero attached hydrogens (tertiary/aromatic N) is 1. The van der Waals surface area contributed by atoms with Crippen LogP contribution in [-0.2, 0) is 19.1 Å². The molecule has 25 heavy (non-hydrogen) atoms. The van der Waals surface area contributed by atoms with Gasteiger partial charge in [-0.1, -0.05) is 25.7 Å². The largest absolute Gasteiger partial charge is 0.459 e. The monoisotopic (exact) mass is 367 g/mol. The van der Waals surface area contributed by atoms with Gasteiger partial charge in [-0.15, -0.1) is 0 Å². The Hall–Kier alpha value is -1.61. The molecule has 0 aromatic heterocycles. The van der Waals surface area contributed by atoms with Gasteiger partial charge in [0.15, 0.2) is 5.41 Å². The van der Waals surface area contributed by atoms with Crippen molar-refractivity contribution in [2.45, 2.75) is 84.9 Å². The molecule has 0 aromatic carbocycles. The van der Waals surface area contributed by atoms with Crippen LogP contribution >= 0.6 is 0 Å². The van der Waals surface area contributed by atoms with Crippen molar-refractivity contribution in [2.75, 3.05) is 0 Å². The SMILES string of the molecule is CC(C)(C)OC(=O)/C=C/C(C#N)(CC[Si](C)(C)C)C(=O)OC(C)(C)C. The topological polar surface area (TPSA) is 76.4 Å². The molecule has 0 bridgehead atoms. The molecule has 0 saturated heterocycles. The lowest BCUT2D eigenvalue weighted by atomic mass is 9.86. The van der Waals surface area contributed by atoms with E-state index in [1.807, 2.05) is 0 Å². The molecule has 1 atom stereocenters. The first-order chi connectivity index (χ1) is 11.0. The van der Waals surface area contributed by atoms with Crippen LogP contribution in [0.1, 0.15) is 48.0 Å². The molecule has 0 heterocycles. The van der Waals surface area contributed by atoms with E-state index >= 15 is 0 Å². The van der Waals surface area contributed by atoms with E-state index in [1.165, 1.54) is 12.2 Å². The molecule has 0 saturated carbocycles. The lowest BCUT2D eigenvalue weighted by Gasteiger charge is -2.29. The van der Waals surface area contributed by atoms with Gasteiger partial charge in [0.2, 0.25) is 0 Å². The maximum Gasteiger partial charge on any atom is 0.331 e. The molecule has 6 heteroatoms. The third-order valence-corrected chi connectivity index (χ3v) is 4.89. The lowest BCUT2D eigenvalue weighted by Crippen LogP contribution is -2.37. The number of hydrogen-bond acceptors (Lipinski definition) is 5. The van der Waals surface area contributed by atoms with E-state index in [2.05, 4.69) is 25.7 Å². The molecule has 0 aliphatic carbocycles. The Kier molecular flexibility index (Phi) is 7.65. The minimum Gasteiger partial charge on any atom is -0.459 e. The van der Waals surface area contributed by atoms with E-state index in [9.17, 15) is 14.9 Å². The molecule has 5 nitrogen and oxygen atoms in total. The molecule has 0 spiro atoms. The molecule has 0 aliphatic rings. The highest BCUT2D eigenvalue weighted by atomic mass is 28.3. The first kappa shape index (κ1) is 23.4. The van der Waals surface area contributed by atoms with Crippen LogP contribution < -0.4 is 0 Å². The molecule has 0 radical (unpaired) electrons. The Balaban J connectivity index is 5.61. The second kappa shape index (κ2) is 8.18. The third kappa shape index (κ3) is 10.1. The Morgan fingerprint density at radius 1 is 1.00 bits per heavy atom. The zero-order valence-corrected chi connectivity index (χ0v) is 18.1. The van der Waals surface area contributed by atoms with Crippen LogP contribution in [0.15, 0.2) is 12.2 Å². The summed E-state index contributed by atoms with van der Waals surface area (Å²) in [6.45, 7) is 17.0. The number of esters is 2. The average molecular weight is 368 g/mol. The third-order valence-electron chi connectivity index (χ3n) is 3.14. The van der Waals surface area contributed by atoms with Crippen LogP contribution in [0.2, 0.25) is 25.7 Å². The van der Waals surface area contributed by atoms with E-state index in [1.54, 1.807) is 41.5 Å². The van der Waals surface area contributed by atoms with Crippen molar-refractivity contribution in [2.24, 2.45) is 5.41 Å². The van der Waals surface area contributed by atoms with Gasteiger partial charge in [-0.25, -0.2) is 9.59 Å². The predicted molar refractivity (Wildman–Crippen MR) is 102 cm³/mol. The molecule has 0 N–H and O–H groups in total. The van der Waals surface area contributed by atoms with Gasteiger partial charge in [0, 0.05) is 14.1 Å². The van der Waals surface area contributed by atoms with Crippen molar-refractivity contribution < 1.29 is 19.1 Å². The van der Waals surface area contributed by atoms with Gasteiger partial charge in [-0.2, -0.15) is 5.26 Å². The first-order valence-corrected chi connectivity index (χ1v) is 12.3. The number of carbonyl (C=O) groups is 2. The summed E-state index contributed by atoms with van der Waals surface area (Å²) in [5, 5.41) is 9.75. The molecule has 142 valence electrons. The summed E-state index contributed by atoms with van der Waals surface area (Å²) in [6.07, 6.45) is 2.84. The Bertz CT molecular complexity index is 556. The highest BCUT2D eigenvalue weighted by Gasteiger charge is 2.41. The summed E-state index contributed by atoms with van der Waals surface area (Å²) < 4.78 is 10.7. The highest BCUT2D eigenvalue weighted by Crippen LogP contribution is 2.32. The fraction of sp³-hybridized carbons (Fsp3) is 0.737. The van der Waals surface area contributed by atoms with Crippen LogP contribution in [0.5, 0.6) is 0 Å². The highest BCUT2D eigenvalue weighted by molar-refractivity contribution is 6.76. The van der Waals surface area contributed by atoms with Crippen molar-refractivity contribution in [3.8, 4) is 6.07 Å². The number of rotatable bonds is 6. The summed E-state index contributed by atoms with van der Waals surface area (Å²) in [5.41, 5.74) is -2.83. The maximum absolute atomic E-state index is 12.7. The number of nitriles is 1. The van der Waals surface area contributed by atoms with Crippen molar-refractivity contribution in [3.05, 3.63) is 12.2 Å². The normalized spacial score (nSPS) is 15.4. The van der Waals surface area contributed by atoms with Gasteiger partial charge in [-0.05, 0) is 54.0 Å². The van der Waals surface area contributed by atoms with Crippen LogP contribution in [-0.4, -0.2) is 31.2 Å². The van der Waals surface area contributed by atoms with Crippen molar-refractivity contribution in [3.63, 3.8) is 0 Å². The second-order valence-electron chi connectivity index (χ2n) is 9.51.